The Hall–Kier alpha value is -0.580. The third-order valence-electron chi connectivity index (χ3n) is 1.92. The summed E-state index contributed by atoms with van der Waals surface area (Å²) >= 11 is 3.29. The molecule has 0 fully saturated rings. The molecule has 0 amide bonds. The van der Waals surface area contributed by atoms with Gasteiger partial charge in [-0.3, -0.25) is 0 Å². The lowest BCUT2D eigenvalue weighted by Crippen LogP contribution is -2.23. The van der Waals surface area contributed by atoms with Crippen molar-refractivity contribution in [2.24, 2.45) is 5.73 Å². The van der Waals surface area contributed by atoms with Gasteiger partial charge in [-0.15, -0.1) is 0 Å². The van der Waals surface area contributed by atoms with Crippen LogP contribution in [0.4, 0.5) is 5.69 Å². The molecule has 1 rings (SSSR count). The molecule has 2 atom stereocenters. The highest BCUT2D eigenvalue weighted by Gasteiger charge is 2.12. The summed E-state index contributed by atoms with van der Waals surface area (Å²) in [7, 11) is 0. The van der Waals surface area contributed by atoms with Gasteiger partial charge < -0.3 is 16.6 Å². The molecular weight excluding hydrogens is 232 g/mol. The molecule has 0 saturated heterocycles. The summed E-state index contributed by atoms with van der Waals surface area (Å²) in [5.74, 6) is 0. The largest absolute Gasteiger partial charge is 0.398 e. The number of aliphatic hydroxyl groups excluding tert-OH is 1. The molecule has 0 spiro atoms. The minimum absolute atomic E-state index is 0.379. The van der Waals surface area contributed by atoms with Gasteiger partial charge in [0.15, 0.2) is 0 Å². The van der Waals surface area contributed by atoms with Crippen molar-refractivity contribution in [3.8, 4) is 0 Å². The van der Waals surface area contributed by atoms with Crippen LogP contribution in [0.15, 0.2) is 22.7 Å². The van der Waals surface area contributed by atoms with Crippen molar-refractivity contribution in [1.82, 2.24) is 0 Å². The van der Waals surface area contributed by atoms with Crippen LogP contribution in [0.1, 0.15) is 18.5 Å². The number of anilines is 1. The second kappa shape index (κ2) is 4.09. The SMILES string of the molecule is CC(O)[C@@H](N)c1ccc(Br)c(N)c1. The number of rotatable bonds is 2. The van der Waals surface area contributed by atoms with Crippen molar-refractivity contribution in [2.75, 3.05) is 5.73 Å². The van der Waals surface area contributed by atoms with E-state index in [0.29, 0.717) is 5.69 Å². The van der Waals surface area contributed by atoms with Crippen LogP contribution in [0.5, 0.6) is 0 Å². The van der Waals surface area contributed by atoms with Crippen molar-refractivity contribution >= 4 is 21.6 Å². The quantitative estimate of drug-likeness (QED) is 0.690. The average Bonchev–Trinajstić information content (AvgIpc) is 2.08. The van der Waals surface area contributed by atoms with Crippen LogP contribution in [0.25, 0.3) is 0 Å². The second-order valence-corrected chi connectivity index (χ2v) is 3.90. The van der Waals surface area contributed by atoms with Crippen LogP contribution in [0.2, 0.25) is 0 Å². The van der Waals surface area contributed by atoms with Crippen molar-refractivity contribution in [2.45, 2.75) is 19.1 Å². The van der Waals surface area contributed by atoms with E-state index in [0.717, 1.165) is 10.0 Å². The number of benzene rings is 1. The first-order chi connectivity index (χ1) is 6.02. The number of halogens is 1. The van der Waals surface area contributed by atoms with Crippen molar-refractivity contribution < 1.29 is 5.11 Å². The van der Waals surface area contributed by atoms with Gasteiger partial charge in [0.25, 0.3) is 0 Å². The third kappa shape index (κ3) is 2.43. The van der Waals surface area contributed by atoms with Gasteiger partial charge in [-0.25, -0.2) is 0 Å². The second-order valence-electron chi connectivity index (χ2n) is 3.05. The first kappa shape index (κ1) is 10.5. The number of nitrogens with two attached hydrogens (primary N) is 2. The molecule has 13 heavy (non-hydrogen) atoms. The molecule has 0 radical (unpaired) electrons. The molecule has 1 aromatic rings. The molecule has 0 heterocycles. The normalized spacial score (nSPS) is 15.4. The Morgan fingerprint density at radius 3 is 2.54 bits per heavy atom. The number of aliphatic hydroxyl groups is 1. The van der Waals surface area contributed by atoms with Gasteiger partial charge in [0, 0.05) is 10.2 Å². The lowest BCUT2D eigenvalue weighted by atomic mass is 10.0. The van der Waals surface area contributed by atoms with Crippen LogP contribution in [0.3, 0.4) is 0 Å². The minimum Gasteiger partial charge on any atom is -0.398 e. The maximum Gasteiger partial charge on any atom is 0.0704 e. The Labute approximate surface area is 85.9 Å². The van der Waals surface area contributed by atoms with Gasteiger partial charge >= 0.3 is 0 Å². The molecule has 0 aliphatic heterocycles. The van der Waals surface area contributed by atoms with Crippen LogP contribution in [0, 0.1) is 0 Å². The van der Waals surface area contributed by atoms with Gasteiger partial charge in [0.1, 0.15) is 0 Å². The van der Waals surface area contributed by atoms with Gasteiger partial charge in [-0.05, 0) is 40.5 Å². The minimum atomic E-state index is -0.569. The summed E-state index contributed by atoms with van der Waals surface area (Å²) in [6.45, 7) is 1.66. The zero-order valence-corrected chi connectivity index (χ0v) is 8.95. The fourth-order valence-electron chi connectivity index (χ4n) is 1.05. The summed E-state index contributed by atoms with van der Waals surface area (Å²) in [6, 6.07) is 5.06. The molecule has 0 aliphatic carbocycles. The Kier molecular flexibility index (Phi) is 3.30. The highest BCUT2D eigenvalue weighted by molar-refractivity contribution is 9.10. The van der Waals surface area contributed by atoms with Crippen molar-refractivity contribution in [3.05, 3.63) is 28.2 Å². The maximum absolute atomic E-state index is 9.26. The summed E-state index contributed by atoms with van der Waals surface area (Å²) in [4.78, 5) is 0. The molecule has 1 aromatic carbocycles. The van der Waals surface area contributed by atoms with Gasteiger partial charge in [-0.2, -0.15) is 0 Å². The highest BCUT2D eigenvalue weighted by atomic mass is 79.9. The van der Waals surface area contributed by atoms with E-state index in [2.05, 4.69) is 15.9 Å². The summed E-state index contributed by atoms with van der Waals surface area (Å²) < 4.78 is 0.842. The maximum atomic E-state index is 9.26. The summed E-state index contributed by atoms with van der Waals surface area (Å²) in [5.41, 5.74) is 12.9. The third-order valence-corrected chi connectivity index (χ3v) is 2.65. The molecule has 72 valence electrons. The Bertz CT molecular complexity index is 302. The monoisotopic (exact) mass is 244 g/mol. The van der Waals surface area contributed by atoms with E-state index in [9.17, 15) is 5.11 Å². The van der Waals surface area contributed by atoms with E-state index in [-0.39, 0.29) is 6.04 Å². The Balaban J connectivity index is 2.97. The van der Waals surface area contributed by atoms with E-state index >= 15 is 0 Å². The lowest BCUT2D eigenvalue weighted by Gasteiger charge is -2.15. The predicted octanol–water partition coefficient (Wildman–Crippen LogP) is 1.41. The van der Waals surface area contributed by atoms with Crippen LogP contribution < -0.4 is 11.5 Å². The zero-order chi connectivity index (χ0) is 10.0. The summed E-state index contributed by atoms with van der Waals surface area (Å²) in [6.07, 6.45) is -0.569. The number of nitrogen functional groups attached to an aromatic ring is 1. The van der Waals surface area contributed by atoms with Gasteiger partial charge in [-0.1, -0.05) is 6.07 Å². The first-order valence-electron chi connectivity index (χ1n) is 4.01. The lowest BCUT2D eigenvalue weighted by molar-refractivity contribution is 0.164. The fraction of sp³-hybridized carbons (Fsp3) is 0.333. The topological polar surface area (TPSA) is 72.3 Å². The van der Waals surface area contributed by atoms with Crippen LogP contribution in [-0.4, -0.2) is 11.2 Å². The average molecular weight is 245 g/mol. The first-order valence-corrected chi connectivity index (χ1v) is 4.80. The molecule has 4 heteroatoms. The van der Waals surface area contributed by atoms with E-state index in [1.54, 1.807) is 13.0 Å². The molecule has 0 bridgehead atoms. The fourth-order valence-corrected chi connectivity index (χ4v) is 1.29. The Morgan fingerprint density at radius 2 is 2.08 bits per heavy atom. The van der Waals surface area contributed by atoms with Crippen LogP contribution in [-0.2, 0) is 0 Å². The number of hydrogen-bond acceptors (Lipinski definition) is 3. The van der Waals surface area contributed by atoms with Crippen molar-refractivity contribution in [3.63, 3.8) is 0 Å². The molecule has 0 aliphatic rings. The van der Waals surface area contributed by atoms with E-state index in [1.165, 1.54) is 0 Å². The van der Waals surface area contributed by atoms with E-state index in [4.69, 9.17) is 11.5 Å². The van der Waals surface area contributed by atoms with Crippen LogP contribution >= 0.6 is 15.9 Å². The van der Waals surface area contributed by atoms with Crippen molar-refractivity contribution in [1.29, 1.82) is 0 Å². The standard InChI is InChI=1S/C9H13BrN2O/c1-5(13)9(12)6-2-3-7(10)8(11)4-6/h2-5,9,13H,11-12H2,1H3/t5?,9-/m1/s1. The van der Waals surface area contributed by atoms with Gasteiger partial charge in [0.05, 0.1) is 12.1 Å². The highest BCUT2D eigenvalue weighted by Crippen LogP contribution is 2.24. The molecule has 1 unspecified atom stereocenters. The van der Waals surface area contributed by atoms with E-state index in [1.807, 2.05) is 12.1 Å². The molecular formula is C9H13BrN2O. The molecule has 3 nitrogen and oxygen atoms in total. The van der Waals surface area contributed by atoms with E-state index < -0.39 is 6.10 Å². The Morgan fingerprint density at radius 1 is 1.46 bits per heavy atom. The number of hydrogen-bond donors (Lipinski definition) is 3. The summed E-state index contributed by atoms with van der Waals surface area (Å²) in [5, 5.41) is 9.26. The smallest absolute Gasteiger partial charge is 0.0704 e. The zero-order valence-electron chi connectivity index (χ0n) is 7.37. The predicted molar refractivity (Wildman–Crippen MR) is 57.2 cm³/mol. The molecule has 0 aromatic heterocycles. The molecule has 0 saturated carbocycles. The van der Waals surface area contributed by atoms with Gasteiger partial charge in [0.2, 0.25) is 0 Å². The molecule has 5 N–H and O–H groups in total.